The summed E-state index contributed by atoms with van der Waals surface area (Å²) in [7, 11) is 5.23. The molecule has 0 bridgehead atoms. The van der Waals surface area contributed by atoms with Crippen LogP contribution in [0.2, 0.25) is 0 Å². The molecule has 0 amide bonds. The average Bonchev–Trinajstić information content (AvgIpc) is 3.12. The van der Waals surface area contributed by atoms with Crippen molar-refractivity contribution >= 4 is 10.9 Å². The summed E-state index contributed by atoms with van der Waals surface area (Å²) in [5.41, 5.74) is 3.24. The highest BCUT2D eigenvalue weighted by Crippen LogP contribution is 2.47. The SMILES string of the molecule is COC1(OC)CC(C)C(c2cccc(OCc3ccc4c(ccc(=O)n4C)c3)c2)C1. The third-order valence-electron chi connectivity index (χ3n) is 6.48. The number of fused-ring (bicyclic) bond motifs is 1. The summed E-state index contributed by atoms with van der Waals surface area (Å²) in [6, 6.07) is 17.8. The van der Waals surface area contributed by atoms with Gasteiger partial charge in [0, 0.05) is 40.2 Å². The number of pyridine rings is 1. The molecule has 2 aromatic carbocycles. The highest BCUT2D eigenvalue weighted by molar-refractivity contribution is 5.79. The van der Waals surface area contributed by atoms with Gasteiger partial charge in [-0.2, -0.15) is 0 Å². The van der Waals surface area contributed by atoms with E-state index in [9.17, 15) is 4.79 Å². The predicted molar refractivity (Wildman–Crippen MR) is 118 cm³/mol. The van der Waals surface area contributed by atoms with Crippen molar-refractivity contribution in [3.63, 3.8) is 0 Å². The van der Waals surface area contributed by atoms with E-state index in [2.05, 4.69) is 25.1 Å². The van der Waals surface area contributed by atoms with Crippen molar-refractivity contribution in [3.05, 3.63) is 76.1 Å². The molecule has 2 atom stereocenters. The molecule has 1 heterocycles. The Labute approximate surface area is 177 Å². The van der Waals surface area contributed by atoms with Crippen molar-refractivity contribution in [2.24, 2.45) is 13.0 Å². The second-order valence-corrected chi connectivity index (χ2v) is 8.30. The Morgan fingerprint density at radius 2 is 1.83 bits per heavy atom. The highest BCUT2D eigenvalue weighted by Gasteiger charge is 2.44. The molecule has 30 heavy (non-hydrogen) atoms. The molecule has 2 unspecified atom stereocenters. The smallest absolute Gasteiger partial charge is 0.250 e. The fourth-order valence-corrected chi connectivity index (χ4v) is 4.64. The Balaban J connectivity index is 1.50. The molecule has 0 N–H and O–H groups in total. The Hall–Kier alpha value is -2.63. The van der Waals surface area contributed by atoms with Gasteiger partial charge in [-0.25, -0.2) is 0 Å². The van der Waals surface area contributed by atoms with Crippen LogP contribution in [0, 0.1) is 5.92 Å². The fourth-order valence-electron chi connectivity index (χ4n) is 4.64. The highest BCUT2D eigenvalue weighted by atomic mass is 16.7. The number of nitrogens with zero attached hydrogens (tertiary/aromatic N) is 1. The summed E-state index contributed by atoms with van der Waals surface area (Å²) in [5, 5.41) is 1.03. The summed E-state index contributed by atoms with van der Waals surface area (Å²) >= 11 is 0. The van der Waals surface area contributed by atoms with E-state index in [1.807, 2.05) is 30.3 Å². The van der Waals surface area contributed by atoms with Crippen LogP contribution < -0.4 is 10.3 Å². The van der Waals surface area contributed by atoms with Crippen LogP contribution in [-0.4, -0.2) is 24.6 Å². The molecule has 1 fully saturated rings. The van der Waals surface area contributed by atoms with E-state index in [0.29, 0.717) is 18.4 Å². The number of aromatic nitrogens is 1. The third-order valence-corrected chi connectivity index (χ3v) is 6.48. The first-order valence-electron chi connectivity index (χ1n) is 10.4. The van der Waals surface area contributed by atoms with Gasteiger partial charge in [0.25, 0.3) is 5.56 Å². The van der Waals surface area contributed by atoms with Crippen LogP contribution in [0.1, 0.15) is 36.8 Å². The molecular weight excluding hydrogens is 378 g/mol. The van der Waals surface area contributed by atoms with Crippen molar-refractivity contribution in [3.8, 4) is 5.75 Å². The number of hydrogen-bond donors (Lipinski definition) is 0. The minimum absolute atomic E-state index is 0.00424. The van der Waals surface area contributed by atoms with E-state index in [-0.39, 0.29) is 5.56 Å². The van der Waals surface area contributed by atoms with Gasteiger partial charge in [-0.1, -0.05) is 25.1 Å². The maximum atomic E-state index is 11.8. The number of benzene rings is 2. The van der Waals surface area contributed by atoms with Gasteiger partial charge < -0.3 is 18.8 Å². The zero-order valence-electron chi connectivity index (χ0n) is 18.1. The topological polar surface area (TPSA) is 49.7 Å². The minimum Gasteiger partial charge on any atom is -0.489 e. The molecule has 158 valence electrons. The first-order valence-corrected chi connectivity index (χ1v) is 10.4. The zero-order chi connectivity index (χ0) is 21.3. The maximum Gasteiger partial charge on any atom is 0.250 e. The predicted octanol–water partition coefficient (Wildman–Crippen LogP) is 4.62. The Morgan fingerprint density at radius 3 is 2.57 bits per heavy atom. The van der Waals surface area contributed by atoms with E-state index in [4.69, 9.17) is 14.2 Å². The van der Waals surface area contributed by atoms with Gasteiger partial charge in [-0.05, 0) is 58.7 Å². The van der Waals surface area contributed by atoms with Crippen LogP contribution >= 0.6 is 0 Å². The van der Waals surface area contributed by atoms with Crippen LogP contribution in [0.25, 0.3) is 10.9 Å². The van der Waals surface area contributed by atoms with Crippen molar-refractivity contribution in [1.82, 2.24) is 4.57 Å². The molecule has 5 heteroatoms. The Kier molecular flexibility index (Phi) is 5.67. The van der Waals surface area contributed by atoms with Crippen molar-refractivity contribution in [1.29, 1.82) is 0 Å². The van der Waals surface area contributed by atoms with Crippen LogP contribution in [-0.2, 0) is 23.1 Å². The minimum atomic E-state index is -0.494. The molecule has 0 aliphatic heterocycles. The van der Waals surface area contributed by atoms with Gasteiger partial charge in [0.15, 0.2) is 5.79 Å². The third kappa shape index (κ3) is 3.87. The van der Waals surface area contributed by atoms with Crippen molar-refractivity contribution in [2.45, 2.75) is 38.1 Å². The normalized spacial score (nSPS) is 20.5. The lowest BCUT2D eigenvalue weighted by atomic mass is 9.90. The molecule has 1 saturated carbocycles. The Morgan fingerprint density at radius 1 is 1.03 bits per heavy atom. The monoisotopic (exact) mass is 407 g/mol. The van der Waals surface area contributed by atoms with Gasteiger partial charge in [0.05, 0.1) is 5.52 Å². The number of ether oxygens (including phenoxy) is 3. The number of hydrogen-bond acceptors (Lipinski definition) is 4. The van der Waals surface area contributed by atoms with Crippen LogP contribution in [0.3, 0.4) is 0 Å². The second kappa shape index (κ2) is 8.25. The molecule has 1 aromatic heterocycles. The molecule has 4 rings (SSSR count). The molecule has 3 aromatic rings. The summed E-state index contributed by atoms with van der Waals surface area (Å²) in [5.74, 6) is 1.20. The molecule has 0 spiro atoms. The molecular formula is C25H29NO4. The van der Waals surface area contributed by atoms with Crippen molar-refractivity contribution in [2.75, 3.05) is 14.2 Å². The number of aryl methyl sites for hydroxylation is 1. The molecule has 5 nitrogen and oxygen atoms in total. The van der Waals surface area contributed by atoms with E-state index < -0.39 is 5.79 Å². The van der Waals surface area contributed by atoms with Gasteiger partial charge >= 0.3 is 0 Å². The number of rotatable bonds is 6. The maximum absolute atomic E-state index is 11.8. The van der Waals surface area contributed by atoms with E-state index in [1.54, 1.807) is 31.9 Å². The second-order valence-electron chi connectivity index (χ2n) is 8.30. The molecule has 1 aliphatic rings. The first kappa shape index (κ1) is 20.6. The van der Waals surface area contributed by atoms with Crippen LogP contribution in [0.4, 0.5) is 0 Å². The first-order chi connectivity index (χ1) is 14.4. The lowest BCUT2D eigenvalue weighted by molar-refractivity contribution is -0.202. The molecule has 1 aliphatic carbocycles. The Bertz CT molecular complexity index is 1100. The number of methoxy groups -OCH3 is 2. The fraction of sp³-hybridized carbons (Fsp3) is 0.400. The summed E-state index contributed by atoms with van der Waals surface area (Å²) in [4.78, 5) is 11.8. The average molecular weight is 408 g/mol. The quantitative estimate of drug-likeness (QED) is 0.560. The van der Waals surface area contributed by atoms with Gasteiger partial charge in [-0.3, -0.25) is 4.79 Å². The van der Waals surface area contributed by atoms with Crippen LogP contribution in [0.15, 0.2) is 59.4 Å². The van der Waals surface area contributed by atoms with E-state index in [1.165, 1.54) is 5.56 Å². The lowest BCUT2D eigenvalue weighted by Crippen LogP contribution is -2.30. The van der Waals surface area contributed by atoms with Gasteiger partial charge in [0.1, 0.15) is 12.4 Å². The lowest BCUT2D eigenvalue weighted by Gasteiger charge is -2.26. The van der Waals surface area contributed by atoms with E-state index >= 15 is 0 Å². The van der Waals surface area contributed by atoms with Gasteiger partial charge in [-0.15, -0.1) is 0 Å². The summed E-state index contributed by atoms with van der Waals surface area (Å²) in [6.07, 6.45) is 1.73. The van der Waals surface area contributed by atoms with Crippen molar-refractivity contribution < 1.29 is 14.2 Å². The summed E-state index contributed by atoms with van der Waals surface area (Å²) < 4.78 is 19.1. The van der Waals surface area contributed by atoms with E-state index in [0.717, 1.165) is 35.1 Å². The molecule has 0 radical (unpaired) electrons. The molecule has 0 saturated heterocycles. The largest absolute Gasteiger partial charge is 0.489 e. The standard InChI is InChI=1S/C25H29NO4/c1-17-14-25(28-3,29-4)15-22(17)19-6-5-7-21(13-19)30-16-18-8-10-23-20(12-18)9-11-24(27)26(23)2/h5-13,17,22H,14-16H2,1-4H3. The van der Waals surface area contributed by atoms with Crippen LogP contribution in [0.5, 0.6) is 5.75 Å². The summed E-state index contributed by atoms with van der Waals surface area (Å²) in [6.45, 7) is 2.73. The zero-order valence-corrected chi connectivity index (χ0v) is 18.1. The van der Waals surface area contributed by atoms with Gasteiger partial charge in [0.2, 0.25) is 0 Å².